The average Bonchev–Trinajstić information content (AvgIpc) is 2.99. The third-order valence-electron chi connectivity index (χ3n) is 3.24. The third kappa shape index (κ3) is 2.32. The van der Waals surface area contributed by atoms with Crippen molar-refractivity contribution in [3.05, 3.63) is 34.2 Å². The Hall–Kier alpha value is -1.79. The molecule has 0 atom stereocenters. The number of benzene rings is 1. The summed E-state index contributed by atoms with van der Waals surface area (Å²) in [6.45, 7) is 1.24. The highest BCUT2D eigenvalue weighted by Crippen LogP contribution is 2.33. The first-order valence-electron chi connectivity index (χ1n) is 6.40. The van der Waals surface area contributed by atoms with Gasteiger partial charge in [0.2, 0.25) is 0 Å². The summed E-state index contributed by atoms with van der Waals surface area (Å²) in [4.78, 5) is 25.4. The number of ether oxygens (including phenoxy) is 1. The number of amides is 2. The SMILES string of the molecule is NCCN1C(=O)S/C(=C\c2ccc3c(c2)CCO3)C1=O. The Bertz CT molecular complexity index is 612. The number of hydrogen-bond acceptors (Lipinski definition) is 5. The molecule has 0 saturated carbocycles. The van der Waals surface area contributed by atoms with Crippen molar-refractivity contribution < 1.29 is 14.3 Å². The maximum atomic E-state index is 12.1. The molecule has 6 heteroatoms. The van der Waals surface area contributed by atoms with Gasteiger partial charge in [-0.2, -0.15) is 0 Å². The lowest BCUT2D eigenvalue weighted by Gasteiger charge is -2.09. The maximum Gasteiger partial charge on any atom is 0.293 e. The zero-order valence-electron chi connectivity index (χ0n) is 10.8. The molecule has 1 aromatic rings. The molecule has 2 aliphatic heterocycles. The molecule has 0 spiro atoms. The highest BCUT2D eigenvalue weighted by molar-refractivity contribution is 8.18. The molecule has 2 amide bonds. The summed E-state index contributed by atoms with van der Waals surface area (Å²) < 4.78 is 5.44. The zero-order chi connectivity index (χ0) is 14.1. The van der Waals surface area contributed by atoms with E-state index in [-0.39, 0.29) is 24.2 Å². The third-order valence-corrected chi connectivity index (χ3v) is 4.14. The number of thioether (sulfide) groups is 1. The topological polar surface area (TPSA) is 72.6 Å². The van der Waals surface area contributed by atoms with Gasteiger partial charge in [-0.15, -0.1) is 0 Å². The predicted molar refractivity (Wildman–Crippen MR) is 77.4 cm³/mol. The second-order valence-electron chi connectivity index (χ2n) is 4.59. The van der Waals surface area contributed by atoms with Crippen LogP contribution < -0.4 is 10.5 Å². The number of fused-ring (bicyclic) bond motifs is 1. The van der Waals surface area contributed by atoms with Gasteiger partial charge in [0.05, 0.1) is 11.5 Å². The molecule has 0 bridgehead atoms. The molecule has 0 radical (unpaired) electrons. The smallest absolute Gasteiger partial charge is 0.293 e. The van der Waals surface area contributed by atoms with Crippen LogP contribution in [-0.4, -0.2) is 35.7 Å². The van der Waals surface area contributed by atoms with Crippen molar-refractivity contribution >= 4 is 29.0 Å². The predicted octanol–water partition coefficient (Wildman–Crippen LogP) is 1.62. The fourth-order valence-electron chi connectivity index (χ4n) is 2.27. The number of nitrogens with zero attached hydrogens (tertiary/aromatic N) is 1. The van der Waals surface area contributed by atoms with Gasteiger partial charge in [-0.3, -0.25) is 14.5 Å². The van der Waals surface area contributed by atoms with Crippen molar-refractivity contribution in [2.75, 3.05) is 19.7 Å². The van der Waals surface area contributed by atoms with Crippen molar-refractivity contribution in [1.82, 2.24) is 4.90 Å². The Morgan fingerprint density at radius 3 is 3.05 bits per heavy atom. The van der Waals surface area contributed by atoms with Gasteiger partial charge in [-0.1, -0.05) is 6.07 Å². The van der Waals surface area contributed by atoms with Crippen LogP contribution >= 0.6 is 11.8 Å². The van der Waals surface area contributed by atoms with E-state index >= 15 is 0 Å². The van der Waals surface area contributed by atoms with Crippen LogP contribution in [0.1, 0.15) is 11.1 Å². The van der Waals surface area contributed by atoms with E-state index in [0.29, 0.717) is 11.5 Å². The molecular formula is C14H14N2O3S. The summed E-state index contributed by atoms with van der Waals surface area (Å²) in [6, 6.07) is 5.79. The molecule has 1 aromatic carbocycles. The average molecular weight is 290 g/mol. The normalized spacial score (nSPS) is 19.6. The lowest BCUT2D eigenvalue weighted by Crippen LogP contribution is -2.33. The van der Waals surface area contributed by atoms with E-state index in [4.69, 9.17) is 10.5 Å². The number of rotatable bonds is 3. The van der Waals surface area contributed by atoms with E-state index in [0.717, 1.165) is 35.1 Å². The van der Waals surface area contributed by atoms with Gasteiger partial charge in [0.25, 0.3) is 11.1 Å². The summed E-state index contributed by atoms with van der Waals surface area (Å²) in [6.07, 6.45) is 2.63. The molecule has 2 N–H and O–H groups in total. The molecular weight excluding hydrogens is 276 g/mol. The quantitative estimate of drug-likeness (QED) is 0.856. The highest BCUT2D eigenvalue weighted by atomic mass is 32.2. The first kappa shape index (κ1) is 13.2. The van der Waals surface area contributed by atoms with Crippen LogP contribution in [-0.2, 0) is 11.2 Å². The minimum absolute atomic E-state index is 0.254. The van der Waals surface area contributed by atoms with E-state index in [1.54, 1.807) is 6.08 Å². The molecule has 1 saturated heterocycles. The highest BCUT2D eigenvalue weighted by Gasteiger charge is 2.34. The molecule has 0 aromatic heterocycles. The molecule has 3 rings (SSSR count). The summed E-state index contributed by atoms with van der Waals surface area (Å²) in [5, 5.41) is -0.254. The molecule has 5 nitrogen and oxygen atoms in total. The summed E-state index contributed by atoms with van der Waals surface area (Å²) >= 11 is 0.962. The van der Waals surface area contributed by atoms with Crippen LogP contribution in [0, 0.1) is 0 Å². The number of nitrogens with two attached hydrogens (primary N) is 1. The lowest BCUT2D eigenvalue weighted by atomic mass is 10.1. The summed E-state index contributed by atoms with van der Waals surface area (Å²) in [7, 11) is 0. The van der Waals surface area contributed by atoms with Gasteiger partial charge in [0.1, 0.15) is 5.75 Å². The first-order chi connectivity index (χ1) is 9.69. The minimum Gasteiger partial charge on any atom is -0.493 e. The van der Waals surface area contributed by atoms with E-state index in [1.165, 1.54) is 4.90 Å². The van der Waals surface area contributed by atoms with E-state index in [9.17, 15) is 9.59 Å². The second-order valence-corrected chi connectivity index (χ2v) is 5.58. The molecule has 0 aliphatic carbocycles. The molecule has 104 valence electrons. The van der Waals surface area contributed by atoms with Crippen molar-refractivity contribution in [2.45, 2.75) is 6.42 Å². The van der Waals surface area contributed by atoms with Gasteiger partial charge in [-0.25, -0.2) is 0 Å². The van der Waals surface area contributed by atoms with Crippen molar-refractivity contribution in [1.29, 1.82) is 0 Å². The van der Waals surface area contributed by atoms with Gasteiger partial charge >= 0.3 is 0 Å². The van der Waals surface area contributed by atoms with Gasteiger partial charge in [-0.05, 0) is 41.1 Å². The van der Waals surface area contributed by atoms with Crippen molar-refractivity contribution in [3.8, 4) is 5.75 Å². The number of carbonyl (C=O) groups is 2. The second kappa shape index (κ2) is 5.30. The summed E-state index contributed by atoms with van der Waals surface area (Å²) in [5.41, 5.74) is 7.45. The van der Waals surface area contributed by atoms with E-state index < -0.39 is 0 Å². The molecule has 20 heavy (non-hydrogen) atoms. The molecule has 1 fully saturated rings. The lowest BCUT2D eigenvalue weighted by molar-refractivity contribution is -0.122. The van der Waals surface area contributed by atoms with Crippen LogP contribution in [0.3, 0.4) is 0 Å². The Balaban J connectivity index is 1.86. The first-order valence-corrected chi connectivity index (χ1v) is 7.22. The number of carbonyl (C=O) groups excluding carboxylic acids is 2. The van der Waals surface area contributed by atoms with Crippen LogP contribution in [0.2, 0.25) is 0 Å². The van der Waals surface area contributed by atoms with E-state index in [1.807, 2.05) is 18.2 Å². The Morgan fingerprint density at radius 1 is 1.40 bits per heavy atom. The van der Waals surface area contributed by atoms with Crippen LogP contribution in [0.15, 0.2) is 23.1 Å². The monoisotopic (exact) mass is 290 g/mol. The van der Waals surface area contributed by atoms with Crippen LogP contribution in [0.4, 0.5) is 4.79 Å². The molecule has 2 heterocycles. The van der Waals surface area contributed by atoms with Crippen LogP contribution in [0.5, 0.6) is 5.75 Å². The standard InChI is InChI=1S/C14H14N2O3S/c15-4-5-16-13(17)12(20-14(16)18)8-9-1-2-11-10(7-9)3-6-19-11/h1-2,7-8H,3-6,15H2/b12-8-. The van der Waals surface area contributed by atoms with E-state index in [2.05, 4.69) is 0 Å². The van der Waals surface area contributed by atoms with Gasteiger partial charge < -0.3 is 10.5 Å². The van der Waals surface area contributed by atoms with Gasteiger partial charge in [0, 0.05) is 19.5 Å². The molecule has 0 unspecified atom stereocenters. The summed E-state index contributed by atoms with van der Waals surface area (Å²) in [5.74, 6) is 0.639. The minimum atomic E-state index is -0.262. The number of imide groups is 1. The Labute approximate surface area is 120 Å². The number of hydrogen-bond donors (Lipinski definition) is 1. The Kier molecular flexibility index (Phi) is 3.50. The van der Waals surface area contributed by atoms with Crippen LogP contribution in [0.25, 0.3) is 6.08 Å². The van der Waals surface area contributed by atoms with Crippen molar-refractivity contribution in [2.24, 2.45) is 5.73 Å². The van der Waals surface area contributed by atoms with Gasteiger partial charge in [0.15, 0.2) is 0 Å². The zero-order valence-corrected chi connectivity index (χ0v) is 11.6. The fraction of sp³-hybridized carbons (Fsp3) is 0.286. The fourth-order valence-corrected chi connectivity index (χ4v) is 3.13. The van der Waals surface area contributed by atoms with Crippen molar-refractivity contribution in [3.63, 3.8) is 0 Å². The Morgan fingerprint density at radius 2 is 2.25 bits per heavy atom. The largest absolute Gasteiger partial charge is 0.493 e. The molecule has 2 aliphatic rings. The maximum absolute atomic E-state index is 12.1.